The molecule has 1 N–H and O–H groups in total. The van der Waals surface area contributed by atoms with Gasteiger partial charge in [0.2, 0.25) is 0 Å². The second-order valence-corrected chi connectivity index (χ2v) is 5.04. The molecule has 0 heterocycles. The van der Waals surface area contributed by atoms with E-state index in [0.717, 1.165) is 24.4 Å². The van der Waals surface area contributed by atoms with Crippen molar-refractivity contribution in [2.24, 2.45) is 5.92 Å². The van der Waals surface area contributed by atoms with E-state index in [9.17, 15) is 4.39 Å². The van der Waals surface area contributed by atoms with Crippen molar-refractivity contribution in [3.8, 4) is 5.75 Å². The smallest absolute Gasteiger partial charge is 0.126 e. The predicted octanol–water partition coefficient (Wildman–Crippen LogP) is 3.68. The normalized spacial score (nSPS) is 16.6. The van der Waals surface area contributed by atoms with Gasteiger partial charge in [0.05, 0.1) is 6.61 Å². The number of hydrogen-bond donors (Lipinski definition) is 1. The minimum Gasteiger partial charge on any atom is -0.493 e. The molecule has 1 aromatic carbocycles. The molecule has 1 aliphatic rings. The third-order valence-corrected chi connectivity index (χ3v) is 3.43. The highest BCUT2D eigenvalue weighted by Crippen LogP contribution is 2.33. The van der Waals surface area contributed by atoms with Crippen LogP contribution in [0.5, 0.6) is 5.75 Å². The second-order valence-electron chi connectivity index (χ2n) is 5.04. The second kappa shape index (κ2) is 6.19. The number of hydrogen-bond acceptors (Lipinski definition) is 2. The fourth-order valence-electron chi connectivity index (χ4n) is 2.15. The Balaban J connectivity index is 2.01. The van der Waals surface area contributed by atoms with Gasteiger partial charge >= 0.3 is 0 Å². The Morgan fingerprint density at radius 1 is 1.44 bits per heavy atom. The monoisotopic (exact) mass is 251 g/mol. The van der Waals surface area contributed by atoms with E-state index in [1.807, 2.05) is 6.07 Å². The summed E-state index contributed by atoms with van der Waals surface area (Å²) >= 11 is 0. The first-order chi connectivity index (χ1) is 8.70. The first-order valence-corrected chi connectivity index (χ1v) is 6.86. The Kier molecular flexibility index (Phi) is 4.59. The Bertz CT molecular complexity index is 390. The third kappa shape index (κ3) is 3.70. The van der Waals surface area contributed by atoms with Gasteiger partial charge in [0.25, 0.3) is 0 Å². The van der Waals surface area contributed by atoms with Crippen LogP contribution in [0.4, 0.5) is 4.39 Å². The molecule has 0 saturated heterocycles. The van der Waals surface area contributed by atoms with Crippen LogP contribution in [-0.2, 0) is 0 Å². The maximum Gasteiger partial charge on any atom is 0.126 e. The van der Waals surface area contributed by atoms with Crippen molar-refractivity contribution in [1.29, 1.82) is 0 Å². The van der Waals surface area contributed by atoms with Crippen molar-refractivity contribution in [3.63, 3.8) is 0 Å². The summed E-state index contributed by atoms with van der Waals surface area (Å²) in [5, 5.41) is 3.33. The van der Waals surface area contributed by atoms with Crippen molar-refractivity contribution in [3.05, 3.63) is 29.6 Å². The molecule has 0 radical (unpaired) electrons. The first-order valence-electron chi connectivity index (χ1n) is 6.86. The number of rotatable bonds is 7. The maximum absolute atomic E-state index is 13.3. The average Bonchev–Trinajstić information content (AvgIpc) is 3.13. The van der Waals surface area contributed by atoms with Crippen molar-refractivity contribution in [1.82, 2.24) is 5.32 Å². The summed E-state index contributed by atoms with van der Waals surface area (Å²) in [5.74, 6) is 1.29. The summed E-state index contributed by atoms with van der Waals surface area (Å²) in [6.45, 7) is 5.72. The van der Waals surface area contributed by atoms with Crippen LogP contribution in [0.2, 0.25) is 0 Å². The lowest BCUT2D eigenvalue weighted by atomic mass is 10.1. The highest BCUT2D eigenvalue weighted by atomic mass is 19.1. The lowest BCUT2D eigenvalue weighted by molar-refractivity contribution is 0.295. The van der Waals surface area contributed by atoms with Crippen LogP contribution in [0.1, 0.15) is 44.7 Å². The molecule has 1 aliphatic carbocycles. The fraction of sp³-hybridized carbons (Fsp3) is 0.600. The minimum absolute atomic E-state index is 0.187. The highest BCUT2D eigenvalue weighted by molar-refractivity contribution is 5.36. The van der Waals surface area contributed by atoms with Gasteiger partial charge in [-0.15, -0.1) is 0 Å². The van der Waals surface area contributed by atoms with Crippen LogP contribution in [0.15, 0.2) is 18.2 Å². The molecule has 0 amide bonds. The number of nitrogens with one attached hydrogen (secondary N) is 1. The van der Waals surface area contributed by atoms with Crippen LogP contribution >= 0.6 is 0 Å². The van der Waals surface area contributed by atoms with Gasteiger partial charge < -0.3 is 10.1 Å². The SMILES string of the molecule is CCNC(C)c1ccc(F)cc1OCCC1CC1. The van der Waals surface area contributed by atoms with E-state index in [4.69, 9.17) is 4.74 Å². The van der Waals surface area contributed by atoms with Crippen LogP contribution in [0, 0.1) is 11.7 Å². The van der Waals surface area contributed by atoms with Crippen LogP contribution in [-0.4, -0.2) is 13.2 Å². The van der Waals surface area contributed by atoms with Gasteiger partial charge in [0.15, 0.2) is 0 Å². The van der Waals surface area contributed by atoms with E-state index < -0.39 is 0 Å². The van der Waals surface area contributed by atoms with Gasteiger partial charge in [-0.05, 0) is 31.9 Å². The summed E-state index contributed by atoms with van der Waals surface area (Å²) < 4.78 is 19.1. The molecule has 18 heavy (non-hydrogen) atoms. The standard InChI is InChI=1S/C15H22FNO/c1-3-17-11(2)14-7-6-13(16)10-15(14)18-9-8-12-4-5-12/h6-7,10-12,17H,3-5,8-9H2,1-2H3. The molecule has 1 unspecified atom stereocenters. The van der Waals surface area contributed by atoms with E-state index >= 15 is 0 Å². The lowest BCUT2D eigenvalue weighted by Crippen LogP contribution is -2.18. The van der Waals surface area contributed by atoms with E-state index in [1.54, 1.807) is 0 Å². The molecule has 1 atom stereocenters. The summed E-state index contributed by atoms with van der Waals surface area (Å²) in [4.78, 5) is 0. The highest BCUT2D eigenvalue weighted by Gasteiger charge is 2.21. The minimum atomic E-state index is -0.233. The number of ether oxygens (including phenoxy) is 1. The molecule has 0 aromatic heterocycles. The Hall–Kier alpha value is -1.09. The van der Waals surface area contributed by atoms with Gasteiger partial charge in [-0.25, -0.2) is 4.39 Å². The van der Waals surface area contributed by atoms with E-state index in [1.165, 1.54) is 25.0 Å². The zero-order chi connectivity index (χ0) is 13.0. The van der Waals surface area contributed by atoms with E-state index in [-0.39, 0.29) is 11.9 Å². The molecular formula is C15H22FNO. The quantitative estimate of drug-likeness (QED) is 0.798. The first kappa shape index (κ1) is 13.3. The largest absolute Gasteiger partial charge is 0.493 e. The van der Waals surface area contributed by atoms with Crippen LogP contribution in [0.3, 0.4) is 0 Å². The van der Waals surface area contributed by atoms with Crippen LogP contribution < -0.4 is 10.1 Å². The van der Waals surface area contributed by atoms with Crippen molar-refractivity contribution >= 4 is 0 Å². The number of benzene rings is 1. The summed E-state index contributed by atoms with van der Waals surface area (Å²) in [7, 11) is 0. The molecule has 0 aliphatic heterocycles. The molecule has 2 nitrogen and oxygen atoms in total. The molecule has 1 aromatic rings. The topological polar surface area (TPSA) is 21.3 Å². The van der Waals surface area contributed by atoms with Gasteiger partial charge in [-0.2, -0.15) is 0 Å². The van der Waals surface area contributed by atoms with Crippen molar-refractivity contribution in [2.45, 2.75) is 39.2 Å². The Morgan fingerprint density at radius 2 is 2.22 bits per heavy atom. The zero-order valence-electron chi connectivity index (χ0n) is 11.2. The molecule has 0 bridgehead atoms. The molecular weight excluding hydrogens is 229 g/mol. The Morgan fingerprint density at radius 3 is 2.89 bits per heavy atom. The van der Waals surface area contributed by atoms with E-state index in [0.29, 0.717) is 12.4 Å². The molecule has 100 valence electrons. The van der Waals surface area contributed by atoms with Crippen LogP contribution in [0.25, 0.3) is 0 Å². The predicted molar refractivity (Wildman–Crippen MR) is 71.3 cm³/mol. The van der Waals surface area contributed by atoms with Crippen molar-refractivity contribution < 1.29 is 9.13 Å². The van der Waals surface area contributed by atoms with Gasteiger partial charge in [0.1, 0.15) is 11.6 Å². The molecule has 3 heteroatoms. The fourth-order valence-corrected chi connectivity index (χ4v) is 2.15. The molecule has 1 fully saturated rings. The molecule has 2 rings (SSSR count). The summed E-state index contributed by atoms with van der Waals surface area (Å²) in [6, 6.07) is 4.99. The van der Waals surface area contributed by atoms with Gasteiger partial charge in [0, 0.05) is 17.7 Å². The van der Waals surface area contributed by atoms with Gasteiger partial charge in [-0.3, -0.25) is 0 Å². The summed E-state index contributed by atoms with van der Waals surface area (Å²) in [5.41, 5.74) is 1.04. The maximum atomic E-state index is 13.3. The number of halogens is 1. The molecule has 0 spiro atoms. The van der Waals surface area contributed by atoms with Crippen molar-refractivity contribution in [2.75, 3.05) is 13.2 Å². The average molecular weight is 251 g/mol. The lowest BCUT2D eigenvalue weighted by Gasteiger charge is -2.17. The molecule has 1 saturated carbocycles. The third-order valence-electron chi connectivity index (χ3n) is 3.43. The van der Waals surface area contributed by atoms with Gasteiger partial charge in [-0.1, -0.05) is 25.8 Å². The zero-order valence-corrected chi connectivity index (χ0v) is 11.2. The van der Waals surface area contributed by atoms with E-state index in [2.05, 4.69) is 19.2 Å². The summed E-state index contributed by atoms with van der Waals surface area (Å²) in [6.07, 6.45) is 3.74. The Labute approximate surface area is 109 Å².